The SMILES string of the molecule is CC(C)N(CCNCCOCC(F)(F)F)C(C)C. The minimum atomic E-state index is -4.23. The van der Waals surface area contributed by atoms with E-state index in [9.17, 15) is 13.2 Å². The molecule has 0 fully saturated rings. The van der Waals surface area contributed by atoms with E-state index < -0.39 is 12.8 Å². The van der Waals surface area contributed by atoms with E-state index >= 15 is 0 Å². The van der Waals surface area contributed by atoms with Crippen molar-refractivity contribution in [2.45, 2.75) is 46.0 Å². The van der Waals surface area contributed by atoms with E-state index in [1.165, 1.54) is 0 Å². The summed E-state index contributed by atoms with van der Waals surface area (Å²) in [6.07, 6.45) is -4.23. The van der Waals surface area contributed by atoms with Crippen LogP contribution in [0.1, 0.15) is 27.7 Å². The van der Waals surface area contributed by atoms with Gasteiger partial charge in [0.05, 0.1) is 6.61 Å². The predicted octanol–water partition coefficient (Wildman–Crippen LogP) is 2.27. The van der Waals surface area contributed by atoms with Gasteiger partial charge in [0.2, 0.25) is 0 Å². The molecule has 0 rings (SSSR count). The molecule has 0 atom stereocenters. The van der Waals surface area contributed by atoms with E-state index in [1.54, 1.807) is 0 Å². The third kappa shape index (κ3) is 9.67. The summed E-state index contributed by atoms with van der Waals surface area (Å²) < 4.78 is 39.8. The minimum absolute atomic E-state index is 0.0862. The molecule has 3 nitrogen and oxygen atoms in total. The number of nitrogens with zero attached hydrogens (tertiary/aromatic N) is 1. The first kappa shape index (κ1) is 17.7. The molecule has 6 heteroatoms. The van der Waals surface area contributed by atoms with Crippen molar-refractivity contribution in [3.63, 3.8) is 0 Å². The van der Waals surface area contributed by atoms with Crippen molar-refractivity contribution in [2.24, 2.45) is 0 Å². The van der Waals surface area contributed by atoms with Gasteiger partial charge in [-0.05, 0) is 27.7 Å². The Kier molecular flexibility index (Phi) is 8.56. The Labute approximate surface area is 108 Å². The maximum Gasteiger partial charge on any atom is 0.411 e. The van der Waals surface area contributed by atoms with Gasteiger partial charge in [-0.2, -0.15) is 13.2 Å². The quantitative estimate of drug-likeness (QED) is 0.651. The van der Waals surface area contributed by atoms with Crippen LogP contribution >= 0.6 is 0 Å². The molecule has 0 saturated carbocycles. The molecular formula is C12H25F3N2O. The zero-order valence-corrected chi connectivity index (χ0v) is 11.7. The molecule has 1 N–H and O–H groups in total. The summed E-state index contributed by atoms with van der Waals surface area (Å²) in [7, 11) is 0. The van der Waals surface area contributed by atoms with E-state index in [0.29, 0.717) is 18.6 Å². The van der Waals surface area contributed by atoms with Gasteiger partial charge in [-0.1, -0.05) is 0 Å². The number of hydrogen-bond acceptors (Lipinski definition) is 3. The van der Waals surface area contributed by atoms with Crippen LogP contribution in [0, 0.1) is 0 Å². The summed E-state index contributed by atoms with van der Waals surface area (Å²) in [5, 5.41) is 3.08. The highest BCUT2D eigenvalue weighted by atomic mass is 19.4. The van der Waals surface area contributed by atoms with Crippen molar-refractivity contribution in [1.82, 2.24) is 10.2 Å². The second kappa shape index (κ2) is 8.72. The standard InChI is InChI=1S/C12H25F3N2O/c1-10(2)17(11(3)4)7-5-16-6-8-18-9-12(13,14)15/h10-11,16H,5-9H2,1-4H3. The maximum absolute atomic E-state index is 11.8. The van der Waals surface area contributed by atoms with Crippen LogP contribution in [0.5, 0.6) is 0 Å². The third-order valence-corrected chi connectivity index (χ3v) is 2.56. The molecule has 0 amide bonds. The Hall–Kier alpha value is -0.330. The molecule has 0 aliphatic carbocycles. The molecule has 0 aliphatic heterocycles. The maximum atomic E-state index is 11.8. The molecule has 0 spiro atoms. The Morgan fingerprint density at radius 3 is 2.06 bits per heavy atom. The van der Waals surface area contributed by atoms with E-state index in [4.69, 9.17) is 0 Å². The zero-order chi connectivity index (χ0) is 14.2. The molecule has 0 radical (unpaired) electrons. The molecule has 0 aromatic heterocycles. The monoisotopic (exact) mass is 270 g/mol. The predicted molar refractivity (Wildman–Crippen MR) is 66.7 cm³/mol. The lowest BCUT2D eigenvalue weighted by atomic mass is 10.2. The third-order valence-electron chi connectivity index (χ3n) is 2.56. The van der Waals surface area contributed by atoms with Gasteiger partial charge in [-0.15, -0.1) is 0 Å². The Morgan fingerprint density at radius 2 is 1.61 bits per heavy atom. The first-order valence-electron chi connectivity index (χ1n) is 6.35. The van der Waals surface area contributed by atoms with E-state index in [1.807, 2.05) is 0 Å². The van der Waals surface area contributed by atoms with Gasteiger partial charge in [-0.25, -0.2) is 0 Å². The second-order valence-corrected chi connectivity index (χ2v) is 4.84. The molecule has 110 valence electrons. The van der Waals surface area contributed by atoms with Gasteiger partial charge in [0.15, 0.2) is 0 Å². The molecule has 0 aromatic rings. The molecule has 0 unspecified atom stereocenters. The smallest absolute Gasteiger partial charge is 0.371 e. The largest absolute Gasteiger partial charge is 0.411 e. The van der Waals surface area contributed by atoms with Gasteiger partial charge < -0.3 is 10.1 Å². The molecule has 0 saturated heterocycles. The number of hydrogen-bond donors (Lipinski definition) is 1. The topological polar surface area (TPSA) is 24.5 Å². The van der Waals surface area contributed by atoms with Crippen molar-refractivity contribution in [2.75, 3.05) is 32.8 Å². The molecule has 0 heterocycles. The summed E-state index contributed by atoms with van der Waals surface area (Å²) in [6, 6.07) is 0.932. The van der Waals surface area contributed by atoms with Gasteiger partial charge in [0.1, 0.15) is 6.61 Å². The molecule has 0 aromatic carbocycles. The first-order chi connectivity index (χ1) is 8.24. The molecule has 0 bridgehead atoms. The second-order valence-electron chi connectivity index (χ2n) is 4.84. The van der Waals surface area contributed by atoms with Crippen LogP contribution in [-0.4, -0.2) is 56.0 Å². The van der Waals surface area contributed by atoms with Gasteiger partial charge in [-0.3, -0.25) is 4.90 Å². The fourth-order valence-corrected chi connectivity index (χ4v) is 1.78. The lowest BCUT2D eigenvalue weighted by Gasteiger charge is -2.30. The zero-order valence-electron chi connectivity index (χ0n) is 11.7. The minimum Gasteiger partial charge on any atom is -0.371 e. The Morgan fingerprint density at radius 1 is 1.06 bits per heavy atom. The van der Waals surface area contributed by atoms with Crippen molar-refractivity contribution < 1.29 is 17.9 Å². The Bertz CT molecular complexity index is 200. The number of nitrogens with one attached hydrogen (secondary N) is 1. The summed E-state index contributed by atoms with van der Waals surface area (Å²) >= 11 is 0. The van der Waals surface area contributed by atoms with Crippen LogP contribution in [0.15, 0.2) is 0 Å². The number of alkyl halides is 3. The first-order valence-corrected chi connectivity index (χ1v) is 6.35. The number of rotatable bonds is 9. The average Bonchev–Trinajstić information content (AvgIpc) is 2.19. The molecule has 18 heavy (non-hydrogen) atoms. The van der Waals surface area contributed by atoms with Crippen LogP contribution in [0.2, 0.25) is 0 Å². The van der Waals surface area contributed by atoms with Crippen molar-refractivity contribution in [1.29, 1.82) is 0 Å². The van der Waals surface area contributed by atoms with Crippen molar-refractivity contribution >= 4 is 0 Å². The highest BCUT2D eigenvalue weighted by molar-refractivity contribution is 4.68. The summed E-state index contributed by atoms with van der Waals surface area (Å²) in [4.78, 5) is 2.32. The molecule has 0 aliphatic rings. The van der Waals surface area contributed by atoms with Crippen LogP contribution in [0.3, 0.4) is 0 Å². The van der Waals surface area contributed by atoms with Gasteiger partial charge >= 0.3 is 6.18 Å². The Balaban J connectivity index is 3.50. The fraction of sp³-hybridized carbons (Fsp3) is 1.00. The van der Waals surface area contributed by atoms with Crippen LogP contribution < -0.4 is 5.32 Å². The van der Waals surface area contributed by atoms with Crippen molar-refractivity contribution in [3.05, 3.63) is 0 Å². The number of halogens is 3. The van der Waals surface area contributed by atoms with E-state index in [2.05, 4.69) is 42.6 Å². The van der Waals surface area contributed by atoms with E-state index in [0.717, 1.165) is 13.1 Å². The van der Waals surface area contributed by atoms with Crippen LogP contribution in [-0.2, 0) is 4.74 Å². The van der Waals surface area contributed by atoms with E-state index in [-0.39, 0.29) is 6.61 Å². The highest BCUT2D eigenvalue weighted by Crippen LogP contribution is 2.13. The molecular weight excluding hydrogens is 245 g/mol. The van der Waals surface area contributed by atoms with Gasteiger partial charge in [0.25, 0.3) is 0 Å². The summed E-state index contributed by atoms with van der Waals surface area (Å²) in [5.41, 5.74) is 0. The van der Waals surface area contributed by atoms with Gasteiger partial charge in [0, 0.05) is 31.7 Å². The van der Waals surface area contributed by atoms with Crippen LogP contribution in [0.25, 0.3) is 0 Å². The normalized spacial score (nSPS) is 13.0. The van der Waals surface area contributed by atoms with Crippen molar-refractivity contribution in [3.8, 4) is 0 Å². The fourth-order valence-electron chi connectivity index (χ4n) is 1.78. The highest BCUT2D eigenvalue weighted by Gasteiger charge is 2.27. The lowest BCUT2D eigenvalue weighted by Crippen LogP contribution is -2.41. The number of ether oxygens (including phenoxy) is 1. The lowest BCUT2D eigenvalue weighted by molar-refractivity contribution is -0.173. The average molecular weight is 270 g/mol. The summed E-state index contributed by atoms with van der Waals surface area (Å²) in [6.45, 7) is 9.53. The van der Waals surface area contributed by atoms with Crippen LogP contribution in [0.4, 0.5) is 13.2 Å². The summed E-state index contributed by atoms with van der Waals surface area (Å²) in [5.74, 6) is 0.